The quantitative estimate of drug-likeness (QED) is 0.407. The van der Waals surface area contributed by atoms with Crippen molar-refractivity contribution in [3.63, 3.8) is 0 Å². The summed E-state index contributed by atoms with van der Waals surface area (Å²) in [5, 5.41) is 3.40. The molecule has 30 heavy (non-hydrogen) atoms. The van der Waals surface area contributed by atoms with Crippen molar-refractivity contribution < 1.29 is 9.53 Å². The lowest BCUT2D eigenvalue weighted by Gasteiger charge is -2.20. The van der Waals surface area contributed by atoms with Crippen LogP contribution in [0, 0.1) is 5.41 Å². The van der Waals surface area contributed by atoms with Gasteiger partial charge in [0.15, 0.2) is 6.61 Å². The van der Waals surface area contributed by atoms with E-state index in [1.807, 2.05) is 30.3 Å². The summed E-state index contributed by atoms with van der Waals surface area (Å²) >= 11 is 5.84. The van der Waals surface area contributed by atoms with E-state index in [-0.39, 0.29) is 17.9 Å². The van der Waals surface area contributed by atoms with E-state index >= 15 is 0 Å². The third-order valence-corrected chi connectivity index (χ3v) is 4.99. The molecule has 2 rings (SSSR count). The van der Waals surface area contributed by atoms with E-state index in [4.69, 9.17) is 16.3 Å². The molecule has 0 bridgehead atoms. The van der Waals surface area contributed by atoms with Gasteiger partial charge in [0.1, 0.15) is 5.75 Å². The Morgan fingerprint density at radius 1 is 1.13 bits per heavy atom. The second-order valence-corrected chi connectivity index (χ2v) is 8.21. The average Bonchev–Trinajstić information content (AvgIpc) is 2.73. The molecule has 0 aliphatic carbocycles. The minimum Gasteiger partial charge on any atom is -0.484 e. The van der Waals surface area contributed by atoms with E-state index in [9.17, 15) is 4.79 Å². The average molecular weight is 424 g/mol. The molecule has 0 aliphatic heterocycles. The first-order valence-electron chi connectivity index (χ1n) is 10.0. The standard InChI is InChI=1S/C26H30ClNO2/c1-5-26(4,17-6-7-20(2)3)18-16-21-8-14-24(15-9-21)30-19-25(29)28-23-12-10-22(27)11-13-23/h5,7-16,18H,1,6,17,19H2,2-4H3,(H,28,29)/b18-16+/t26-/m1/s1. The SMILES string of the molecule is C=C[C@@](C)(/C=C/c1ccc(OCC(=O)Nc2ccc(Cl)cc2)cc1)CCC=C(C)C. The fourth-order valence-corrected chi connectivity index (χ4v) is 2.89. The lowest BCUT2D eigenvalue weighted by atomic mass is 9.84. The zero-order valence-electron chi connectivity index (χ0n) is 18.0. The molecule has 0 spiro atoms. The van der Waals surface area contributed by atoms with Crippen LogP contribution in [0.25, 0.3) is 6.08 Å². The first-order valence-corrected chi connectivity index (χ1v) is 10.4. The van der Waals surface area contributed by atoms with Gasteiger partial charge in [0.25, 0.3) is 5.91 Å². The van der Waals surface area contributed by atoms with Crippen LogP contribution >= 0.6 is 11.6 Å². The van der Waals surface area contributed by atoms with Crippen LogP contribution in [0.3, 0.4) is 0 Å². The molecule has 0 saturated carbocycles. The van der Waals surface area contributed by atoms with Crippen molar-refractivity contribution in [1.82, 2.24) is 0 Å². The van der Waals surface area contributed by atoms with Gasteiger partial charge in [-0.2, -0.15) is 0 Å². The Morgan fingerprint density at radius 3 is 2.40 bits per heavy atom. The van der Waals surface area contributed by atoms with Gasteiger partial charge in [0.05, 0.1) is 0 Å². The van der Waals surface area contributed by atoms with E-state index in [1.54, 1.807) is 24.3 Å². The fourth-order valence-electron chi connectivity index (χ4n) is 2.77. The molecule has 1 amide bonds. The Balaban J connectivity index is 1.87. The normalized spacial score (nSPS) is 12.8. The highest BCUT2D eigenvalue weighted by atomic mass is 35.5. The third-order valence-electron chi connectivity index (χ3n) is 4.74. The molecule has 0 aromatic heterocycles. The maximum Gasteiger partial charge on any atom is 0.262 e. The highest BCUT2D eigenvalue weighted by Gasteiger charge is 2.15. The number of carbonyl (C=O) groups excluding carboxylic acids is 1. The number of ether oxygens (including phenoxy) is 1. The molecule has 0 aliphatic rings. The van der Waals surface area contributed by atoms with Crippen LogP contribution < -0.4 is 10.1 Å². The molecule has 2 aromatic carbocycles. The summed E-state index contributed by atoms with van der Waals surface area (Å²) in [4.78, 5) is 12.0. The first-order chi connectivity index (χ1) is 14.3. The van der Waals surface area contributed by atoms with Gasteiger partial charge >= 0.3 is 0 Å². The van der Waals surface area contributed by atoms with Gasteiger partial charge in [-0.3, -0.25) is 4.79 Å². The molecule has 0 heterocycles. The molecule has 0 radical (unpaired) electrons. The third kappa shape index (κ3) is 8.30. The number of hydrogen-bond acceptors (Lipinski definition) is 2. The number of hydrogen-bond donors (Lipinski definition) is 1. The van der Waals surface area contributed by atoms with Gasteiger partial charge in [-0.05, 0) is 68.7 Å². The summed E-state index contributed by atoms with van der Waals surface area (Å²) in [5.41, 5.74) is 3.04. The Labute approximate surface area is 185 Å². The number of benzene rings is 2. The van der Waals surface area contributed by atoms with Gasteiger partial charge < -0.3 is 10.1 Å². The van der Waals surface area contributed by atoms with Crippen LogP contribution in [0.1, 0.15) is 39.2 Å². The number of rotatable bonds is 10. The van der Waals surface area contributed by atoms with Gasteiger partial charge in [-0.15, -0.1) is 6.58 Å². The second-order valence-electron chi connectivity index (χ2n) is 7.78. The van der Waals surface area contributed by atoms with Gasteiger partial charge in [0.2, 0.25) is 0 Å². The summed E-state index contributed by atoms with van der Waals surface area (Å²) in [6.45, 7) is 10.4. The maximum absolute atomic E-state index is 12.0. The van der Waals surface area contributed by atoms with Crippen LogP contribution in [-0.2, 0) is 4.79 Å². The number of nitrogens with one attached hydrogen (secondary N) is 1. The predicted octanol–water partition coefficient (Wildman–Crippen LogP) is 7.31. The Kier molecular flexibility index (Phi) is 8.94. The van der Waals surface area contributed by atoms with Crippen molar-refractivity contribution in [3.05, 3.63) is 89.5 Å². The van der Waals surface area contributed by atoms with Crippen molar-refractivity contribution in [2.45, 2.75) is 33.6 Å². The van der Waals surface area contributed by atoms with Crippen LogP contribution in [0.4, 0.5) is 5.69 Å². The zero-order valence-corrected chi connectivity index (χ0v) is 18.7. The van der Waals surface area contributed by atoms with Crippen molar-refractivity contribution in [2.75, 3.05) is 11.9 Å². The summed E-state index contributed by atoms with van der Waals surface area (Å²) in [6.07, 6.45) is 10.6. The summed E-state index contributed by atoms with van der Waals surface area (Å²) in [5.74, 6) is 0.424. The molecular weight excluding hydrogens is 394 g/mol. The van der Waals surface area contributed by atoms with Crippen LogP contribution in [0.2, 0.25) is 5.02 Å². The molecule has 158 valence electrons. The maximum atomic E-state index is 12.0. The molecule has 0 saturated heterocycles. The molecule has 1 N–H and O–H groups in total. The summed E-state index contributed by atoms with van der Waals surface area (Å²) < 4.78 is 5.58. The number of carbonyl (C=O) groups is 1. The highest BCUT2D eigenvalue weighted by molar-refractivity contribution is 6.30. The molecule has 4 heteroatoms. The molecule has 0 fully saturated rings. The molecule has 1 atom stereocenters. The van der Waals surface area contributed by atoms with E-state index in [1.165, 1.54) is 5.57 Å². The summed E-state index contributed by atoms with van der Waals surface area (Å²) in [6, 6.07) is 14.6. The lowest BCUT2D eigenvalue weighted by Crippen LogP contribution is -2.20. The smallest absolute Gasteiger partial charge is 0.262 e. The van der Waals surface area contributed by atoms with E-state index in [2.05, 4.69) is 50.9 Å². The van der Waals surface area contributed by atoms with E-state index < -0.39 is 0 Å². The van der Waals surface area contributed by atoms with Crippen molar-refractivity contribution in [1.29, 1.82) is 0 Å². The van der Waals surface area contributed by atoms with Crippen molar-refractivity contribution in [2.24, 2.45) is 5.41 Å². The molecule has 0 unspecified atom stereocenters. The lowest BCUT2D eigenvalue weighted by molar-refractivity contribution is -0.118. The number of anilines is 1. The summed E-state index contributed by atoms with van der Waals surface area (Å²) in [7, 11) is 0. The van der Waals surface area contributed by atoms with E-state index in [0.717, 1.165) is 18.4 Å². The van der Waals surface area contributed by atoms with Crippen molar-refractivity contribution >= 4 is 29.3 Å². The molecular formula is C26H30ClNO2. The number of amides is 1. The Hall–Kier alpha value is -2.78. The van der Waals surface area contributed by atoms with E-state index in [0.29, 0.717) is 16.5 Å². The van der Waals surface area contributed by atoms with Crippen LogP contribution in [0.5, 0.6) is 5.75 Å². The fraction of sp³-hybridized carbons (Fsp3) is 0.269. The van der Waals surface area contributed by atoms with Gasteiger partial charge in [-0.1, -0.05) is 60.5 Å². The molecule has 3 nitrogen and oxygen atoms in total. The van der Waals surface area contributed by atoms with Gasteiger partial charge in [-0.25, -0.2) is 0 Å². The second kappa shape index (κ2) is 11.4. The number of halogens is 1. The monoisotopic (exact) mass is 423 g/mol. The number of allylic oxidation sites excluding steroid dienone is 4. The Morgan fingerprint density at radius 2 is 1.80 bits per heavy atom. The highest BCUT2D eigenvalue weighted by Crippen LogP contribution is 2.28. The first kappa shape index (κ1) is 23.5. The van der Waals surface area contributed by atoms with Gasteiger partial charge in [0, 0.05) is 16.1 Å². The van der Waals surface area contributed by atoms with Crippen LogP contribution in [-0.4, -0.2) is 12.5 Å². The minimum atomic E-state index is -0.223. The largest absolute Gasteiger partial charge is 0.484 e. The minimum absolute atomic E-state index is 0.0547. The molecule has 2 aromatic rings. The zero-order chi connectivity index (χ0) is 22.0. The van der Waals surface area contributed by atoms with Crippen molar-refractivity contribution in [3.8, 4) is 5.75 Å². The Bertz CT molecular complexity index is 894. The van der Waals surface area contributed by atoms with Crippen LogP contribution in [0.15, 0.2) is 78.9 Å². The predicted molar refractivity (Wildman–Crippen MR) is 128 cm³/mol. The topological polar surface area (TPSA) is 38.3 Å².